The SMILES string of the molecule is O=C1CC2=C(c3cccs3)NC(=O)C2=C(c2cccs2)N1. The number of carbonyl (C=O) groups is 2. The predicted octanol–water partition coefficient (Wildman–Crippen LogP) is 2.58. The van der Waals surface area contributed by atoms with Crippen LogP contribution in [0.3, 0.4) is 0 Å². The van der Waals surface area contributed by atoms with Crippen LogP contribution in [0, 0.1) is 0 Å². The van der Waals surface area contributed by atoms with Crippen LogP contribution in [0.2, 0.25) is 0 Å². The summed E-state index contributed by atoms with van der Waals surface area (Å²) in [6.45, 7) is 0. The van der Waals surface area contributed by atoms with Crippen molar-refractivity contribution in [1.82, 2.24) is 10.6 Å². The van der Waals surface area contributed by atoms with Crippen LogP contribution in [-0.4, -0.2) is 11.8 Å². The average Bonchev–Trinajstić information content (AvgIpc) is 3.18. The van der Waals surface area contributed by atoms with Gasteiger partial charge in [0.15, 0.2) is 0 Å². The molecule has 0 saturated heterocycles. The Hall–Kier alpha value is -2.18. The molecule has 2 N–H and O–H groups in total. The lowest BCUT2D eigenvalue weighted by atomic mass is 9.96. The lowest BCUT2D eigenvalue weighted by Gasteiger charge is -2.18. The molecule has 2 aromatic rings. The first-order chi connectivity index (χ1) is 10.2. The highest BCUT2D eigenvalue weighted by molar-refractivity contribution is 7.11. The summed E-state index contributed by atoms with van der Waals surface area (Å²) in [6.07, 6.45) is 0.232. The third-order valence-electron chi connectivity index (χ3n) is 3.46. The van der Waals surface area contributed by atoms with Crippen molar-refractivity contribution >= 4 is 45.9 Å². The van der Waals surface area contributed by atoms with Gasteiger partial charge in [0.1, 0.15) is 0 Å². The van der Waals surface area contributed by atoms with Gasteiger partial charge in [-0.3, -0.25) is 9.59 Å². The minimum atomic E-state index is -0.142. The molecule has 0 saturated carbocycles. The summed E-state index contributed by atoms with van der Waals surface area (Å²) in [5.74, 6) is -0.223. The van der Waals surface area contributed by atoms with Crippen LogP contribution >= 0.6 is 22.7 Å². The smallest absolute Gasteiger partial charge is 0.258 e. The van der Waals surface area contributed by atoms with Gasteiger partial charge in [0, 0.05) is 5.57 Å². The standard InChI is InChI=1S/C15H10N2O2S2/c18-11-7-8-12(14(16-11)10-4-2-6-21-10)15(19)17-13(8)9-3-1-5-20-9/h1-6H,7H2,(H,16,18)(H,17,19). The van der Waals surface area contributed by atoms with E-state index in [1.54, 1.807) is 11.3 Å². The summed E-state index contributed by atoms with van der Waals surface area (Å²) in [4.78, 5) is 26.3. The quantitative estimate of drug-likeness (QED) is 0.895. The zero-order chi connectivity index (χ0) is 14.4. The van der Waals surface area contributed by atoms with E-state index in [0.29, 0.717) is 11.3 Å². The van der Waals surface area contributed by atoms with Crippen molar-refractivity contribution < 1.29 is 9.59 Å². The highest BCUT2D eigenvalue weighted by atomic mass is 32.1. The number of amides is 2. The molecule has 0 fully saturated rings. The van der Waals surface area contributed by atoms with E-state index in [2.05, 4.69) is 10.6 Å². The van der Waals surface area contributed by atoms with Gasteiger partial charge in [-0.1, -0.05) is 12.1 Å². The van der Waals surface area contributed by atoms with Crippen LogP contribution in [-0.2, 0) is 9.59 Å². The maximum Gasteiger partial charge on any atom is 0.258 e. The second kappa shape index (κ2) is 4.68. The Balaban J connectivity index is 1.95. The maximum atomic E-state index is 12.4. The van der Waals surface area contributed by atoms with Crippen molar-refractivity contribution in [2.75, 3.05) is 0 Å². The van der Waals surface area contributed by atoms with Crippen molar-refractivity contribution in [3.63, 3.8) is 0 Å². The summed E-state index contributed by atoms with van der Waals surface area (Å²) in [6, 6.07) is 7.70. The van der Waals surface area contributed by atoms with Crippen LogP contribution in [0.25, 0.3) is 11.4 Å². The Kier molecular flexibility index (Phi) is 2.80. The minimum Gasteiger partial charge on any atom is -0.324 e. The summed E-state index contributed by atoms with van der Waals surface area (Å²) >= 11 is 3.06. The van der Waals surface area contributed by atoms with Gasteiger partial charge < -0.3 is 10.6 Å². The first-order valence-corrected chi connectivity index (χ1v) is 8.16. The maximum absolute atomic E-state index is 12.4. The molecule has 0 aromatic carbocycles. The zero-order valence-corrected chi connectivity index (χ0v) is 12.4. The summed E-state index contributed by atoms with van der Waals surface area (Å²) in [7, 11) is 0. The monoisotopic (exact) mass is 314 g/mol. The second-order valence-electron chi connectivity index (χ2n) is 4.74. The summed E-state index contributed by atoms with van der Waals surface area (Å²) in [5, 5.41) is 9.65. The third kappa shape index (κ3) is 1.95. The number of thiophene rings is 2. The molecule has 6 heteroatoms. The molecule has 2 amide bonds. The van der Waals surface area contributed by atoms with Crippen LogP contribution < -0.4 is 10.6 Å². The fourth-order valence-corrected chi connectivity index (χ4v) is 4.08. The Bertz CT molecular complexity index is 799. The summed E-state index contributed by atoms with van der Waals surface area (Å²) < 4.78 is 0. The Morgan fingerprint density at radius 3 is 2.19 bits per heavy atom. The van der Waals surface area contributed by atoms with Crippen molar-refractivity contribution in [1.29, 1.82) is 0 Å². The Morgan fingerprint density at radius 2 is 1.57 bits per heavy atom. The first-order valence-electron chi connectivity index (χ1n) is 6.41. The minimum absolute atomic E-state index is 0.0808. The van der Waals surface area contributed by atoms with E-state index in [9.17, 15) is 9.59 Å². The van der Waals surface area contributed by atoms with Gasteiger partial charge in [-0.2, -0.15) is 0 Å². The fraction of sp³-hybridized carbons (Fsp3) is 0.0667. The molecule has 4 nitrogen and oxygen atoms in total. The molecule has 0 unspecified atom stereocenters. The van der Waals surface area contributed by atoms with Gasteiger partial charge in [0.05, 0.1) is 33.1 Å². The normalized spacial score (nSPS) is 17.9. The second-order valence-corrected chi connectivity index (χ2v) is 6.63. The van der Waals surface area contributed by atoms with Gasteiger partial charge in [0.2, 0.25) is 5.91 Å². The van der Waals surface area contributed by atoms with Crippen molar-refractivity contribution in [2.24, 2.45) is 0 Å². The molecule has 0 spiro atoms. The number of rotatable bonds is 2. The van der Waals surface area contributed by atoms with E-state index >= 15 is 0 Å². The van der Waals surface area contributed by atoms with Crippen LogP contribution in [0.5, 0.6) is 0 Å². The molecule has 0 radical (unpaired) electrons. The lowest BCUT2D eigenvalue weighted by molar-refractivity contribution is -0.119. The lowest BCUT2D eigenvalue weighted by Crippen LogP contribution is -2.29. The molecular formula is C15H10N2O2S2. The van der Waals surface area contributed by atoms with Gasteiger partial charge in [-0.05, 0) is 22.9 Å². The highest BCUT2D eigenvalue weighted by Crippen LogP contribution is 2.39. The fourth-order valence-electron chi connectivity index (χ4n) is 2.60. The van der Waals surface area contributed by atoms with Gasteiger partial charge in [-0.15, -0.1) is 22.7 Å². The molecule has 4 rings (SSSR count). The molecule has 2 aliphatic heterocycles. The van der Waals surface area contributed by atoms with E-state index in [1.165, 1.54) is 11.3 Å². The number of hydrogen-bond donors (Lipinski definition) is 2. The number of nitrogens with one attached hydrogen (secondary N) is 2. The Labute approximate surface area is 128 Å². The van der Waals surface area contributed by atoms with Crippen molar-refractivity contribution in [2.45, 2.75) is 6.42 Å². The molecule has 0 bridgehead atoms. The predicted molar refractivity (Wildman–Crippen MR) is 83.4 cm³/mol. The van der Waals surface area contributed by atoms with Crippen LogP contribution in [0.1, 0.15) is 16.2 Å². The molecule has 21 heavy (non-hydrogen) atoms. The topological polar surface area (TPSA) is 58.2 Å². The van der Waals surface area contributed by atoms with Crippen molar-refractivity contribution in [3.8, 4) is 0 Å². The Morgan fingerprint density at radius 1 is 0.905 bits per heavy atom. The van der Waals surface area contributed by atoms with Gasteiger partial charge in [-0.25, -0.2) is 0 Å². The first kappa shape index (κ1) is 12.6. The largest absolute Gasteiger partial charge is 0.324 e. The van der Waals surface area contributed by atoms with Crippen molar-refractivity contribution in [3.05, 3.63) is 55.9 Å². The zero-order valence-electron chi connectivity index (χ0n) is 10.8. The highest BCUT2D eigenvalue weighted by Gasteiger charge is 2.36. The van der Waals surface area contributed by atoms with E-state index in [0.717, 1.165) is 21.0 Å². The van der Waals surface area contributed by atoms with E-state index in [4.69, 9.17) is 0 Å². The van der Waals surface area contributed by atoms with E-state index < -0.39 is 0 Å². The molecule has 0 aliphatic carbocycles. The molecule has 4 heterocycles. The van der Waals surface area contributed by atoms with E-state index in [-0.39, 0.29) is 18.2 Å². The van der Waals surface area contributed by atoms with Gasteiger partial charge in [0.25, 0.3) is 5.91 Å². The molecule has 0 atom stereocenters. The third-order valence-corrected chi connectivity index (χ3v) is 5.23. The number of hydrogen-bond acceptors (Lipinski definition) is 4. The number of carbonyl (C=O) groups excluding carboxylic acids is 2. The van der Waals surface area contributed by atoms with Gasteiger partial charge >= 0.3 is 0 Å². The van der Waals surface area contributed by atoms with Crippen LogP contribution in [0.15, 0.2) is 46.2 Å². The average molecular weight is 314 g/mol. The molecule has 2 aliphatic rings. The number of fused-ring (bicyclic) bond motifs is 1. The van der Waals surface area contributed by atoms with E-state index in [1.807, 2.05) is 35.0 Å². The molecular weight excluding hydrogens is 304 g/mol. The molecule has 2 aromatic heterocycles. The van der Waals surface area contributed by atoms with Crippen LogP contribution in [0.4, 0.5) is 0 Å². The summed E-state index contributed by atoms with van der Waals surface area (Å²) in [5.41, 5.74) is 2.80. The molecule has 104 valence electrons.